The second kappa shape index (κ2) is 5.25. The van der Waals surface area contributed by atoms with Crippen molar-refractivity contribution in [3.8, 4) is 0 Å². The van der Waals surface area contributed by atoms with E-state index >= 15 is 0 Å². The molecule has 0 fully saturated rings. The molecule has 0 atom stereocenters. The minimum absolute atomic E-state index is 0.0474. The highest BCUT2D eigenvalue weighted by Gasteiger charge is 2.05. The number of aryl methyl sites for hydroxylation is 1. The Labute approximate surface area is 107 Å². The highest BCUT2D eigenvalue weighted by molar-refractivity contribution is 5.21. The van der Waals surface area contributed by atoms with Crippen molar-refractivity contribution < 1.29 is 0 Å². The summed E-state index contributed by atoms with van der Waals surface area (Å²) in [6.07, 6.45) is 0.913. The van der Waals surface area contributed by atoms with Crippen LogP contribution in [0.3, 0.4) is 0 Å². The number of aromatic nitrogens is 2. The predicted octanol–water partition coefficient (Wildman–Crippen LogP) is 2.73. The van der Waals surface area contributed by atoms with E-state index in [0.29, 0.717) is 12.5 Å². The Bertz CT molecular complexity index is 561. The lowest BCUT2D eigenvalue weighted by Gasteiger charge is -2.04. The maximum absolute atomic E-state index is 11.8. The van der Waals surface area contributed by atoms with E-state index in [0.717, 1.165) is 17.7 Å². The van der Waals surface area contributed by atoms with Crippen molar-refractivity contribution >= 4 is 0 Å². The first kappa shape index (κ1) is 12.7. The van der Waals surface area contributed by atoms with Crippen molar-refractivity contribution in [2.45, 2.75) is 33.7 Å². The largest absolute Gasteiger partial charge is 0.299 e. The molecular formula is C15H20N2O. The Hall–Kier alpha value is -1.77. The summed E-state index contributed by atoms with van der Waals surface area (Å²) >= 11 is 0. The highest BCUT2D eigenvalue weighted by atomic mass is 16.1. The number of H-pyrrole nitrogens is 1. The van der Waals surface area contributed by atoms with E-state index < -0.39 is 0 Å². The third-order valence-electron chi connectivity index (χ3n) is 2.93. The van der Waals surface area contributed by atoms with Crippen LogP contribution in [-0.4, -0.2) is 9.78 Å². The molecule has 0 aliphatic carbocycles. The van der Waals surface area contributed by atoms with Crippen LogP contribution in [-0.2, 0) is 13.0 Å². The average molecular weight is 244 g/mol. The monoisotopic (exact) mass is 244 g/mol. The molecule has 1 aromatic carbocycles. The van der Waals surface area contributed by atoms with E-state index in [1.54, 1.807) is 10.7 Å². The van der Waals surface area contributed by atoms with Gasteiger partial charge in [-0.25, -0.2) is 4.68 Å². The molecular weight excluding hydrogens is 224 g/mol. The van der Waals surface area contributed by atoms with Crippen molar-refractivity contribution in [3.63, 3.8) is 0 Å². The van der Waals surface area contributed by atoms with Crippen LogP contribution in [0.4, 0.5) is 0 Å². The van der Waals surface area contributed by atoms with Crippen molar-refractivity contribution in [1.82, 2.24) is 9.78 Å². The van der Waals surface area contributed by atoms with Crippen LogP contribution < -0.4 is 5.56 Å². The highest BCUT2D eigenvalue weighted by Crippen LogP contribution is 2.06. The summed E-state index contributed by atoms with van der Waals surface area (Å²) in [5.74, 6) is 0.552. The summed E-state index contributed by atoms with van der Waals surface area (Å²) in [5, 5.41) is 3.18. The molecule has 0 unspecified atom stereocenters. The normalized spacial score (nSPS) is 11.1. The first-order valence-electron chi connectivity index (χ1n) is 6.39. The van der Waals surface area contributed by atoms with Gasteiger partial charge < -0.3 is 0 Å². The number of nitrogens with zero attached hydrogens (tertiary/aromatic N) is 1. The topological polar surface area (TPSA) is 37.8 Å². The van der Waals surface area contributed by atoms with Gasteiger partial charge in [-0.3, -0.25) is 9.89 Å². The lowest BCUT2D eigenvalue weighted by molar-refractivity contribution is 0.602. The Balaban J connectivity index is 2.16. The number of nitrogens with one attached hydrogen (secondary N) is 1. The second-order valence-corrected chi connectivity index (χ2v) is 5.29. The summed E-state index contributed by atoms with van der Waals surface area (Å²) in [6, 6.07) is 9.96. The fourth-order valence-corrected chi connectivity index (χ4v) is 2.03. The van der Waals surface area contributed by atoms with Gasteiger partial charge in [0.2, 0.25) is 0 Å². The van der Waals surface area contributed by atoms with Gasteiger partial charge in [0.1, 0.15) is 0 Å². The summed E-state index contributed by atoms with van der Waals surface area (Å²) in [4.78, 5) is 11.8. The Morgan fingerprint density at radius 1 is 1.22 bits per heavy atom. The molecule has 3 nitrogen and oxygen atoms in total. The standard InChI is InChI=1S/C15H20N2O/c1-11(2)8-14-9-15(18)17(16-14)10-13-6-4-12(3)5-7-13/h4-7,9,11,16H,8,10H2,1-3H3. The smallest absolute Gasteiger partial charge is 0.267 e. The van der Waals surface area contributed by atoms with Gasteiger partial charge >= 0.3 is 0 Å². The lowest BCUT2D eigenvalue weighted by Crippen LogP contribution is -2.16. The zero-order valence-corrected chi connectivity index (χ0v) is 11.2. The fraction of sp³-hybridized carbons (Fsp3) is 0.400. The summed E-state index contributed by atoms with van der Waals surface area (Å²) < 4.78 is 1.67. The Morgan fingerprint density at radius 3 is 2.50 bits per heavy atom. The molecule has 0 bridgehead atoms. The van der Waals surface area contributed by atoms with E-state index in [4.69, 9.17) is 0 Å². The average Bonchev–Trinajstić information content (AvgIpc) is 2.61. The van der Waals surface area contributed by atoms with Crippen LogP contribution in [0, 0.1) is 12.8 Å². The number of hydrogen-bond acceptors (Lipinski definition) is 1. The molecule has 2 rings (SSSR count). The van der Waals surface area contributed by atoms with Crippen molar-refractivity contribution in [3.05, 3.63) is 57.5 Å². The van der Waals surface area contributed by atoms with Crippen LogP contribution in [0.5, 0.6) is 0 Å². The van der Waals surface area contributed by atoms with Crippen LogP contribution in [0.1, 0.15) is 30.7 Å². The van der Waals surface area contributed by atoms with Crippen LogP contribution in [0.2, 0.25) is 0 Å². The molecule has 1 aromatic heterocycles. The van der Waals surface area contributed by atoms with Gasteiger partial charge in [0, 0.05) is 11.8 Å². The minimum Gasteiger partial charge on any atom is -0.299 e. The van der Waals surface area contributed by atoms with E-state index in [9.17, 15) is 4.79 Å². The second-order valence-electron chi connectivity index (χ2n) is 5.29. The van der Waals surface area contributed by atoms with Gasteiger partial charge in [0.25, 0.3) is 5.56 Å². The zero-order chi connectivity index (χ0) is 13.1. The molecule has 0 saturated carbocycles. The van der Waals surface area contributed by atoms with Crippen LogP contribution in [0.25, 0.3) is 0 Å². The van der Waals surface area contributed by atoms with E-state index in [2.05, 4.69) is 50.1 Å². The first-order valence-corrected chi connectivity index (χ1v) is 6.39. The van der Waals surface area contributed by atoms with Gasteiger partial charge in [-0.15, -0.1) is 0 Å². The summed E-state index contributed by atoms with van der Waals surface area (Å²) in [6.45, 7) is 6.97. The molecule has 96 valence electrons. The van der Waals surface area contributed by atoms with Crippen LogP contribution >= 0.6 is 0 Å². The number of benzene rings is 1. The molecule has 3 heteroatoms. The number of hydrogen-bond donors (Lipinski definition) is 1. The molecule has 0 saturated heterocycles. The third kappa shape index (κ3) is 3.13. The molecule has 0 spiro atoms. The lowest BCUT2D eigenvalue weighted by atomic mass is 10.1. The molecule has 0 amide bonds. The van der Waals surface area contributed by atoms with E-state index in [-0.39, 0.29) is 5.56 Å². The Morgan fingerprint density at radius 2 is 1.89 bits per heavy atom. The van der Waals surface area contributed by atoms with Crippen molar-refractivity contribution in [2.75, 3.05) is 0 Å². The predicted molar refractivity (Wildman–Crippen MR) is 73.9 cm³/mol. The molecule has 0 aliphatic rings. The number of rotatable bonds is 4. The third-order valence-corrected chi connectivity index (χ3v) is 2.93. The minimum atomic E-state index is 0.0474. The molecule has 2 aromatic rings. The molecule has 0 aliphatic heterocycles. The van der Waals surface area contributed by atoms with Crippen molar-refractivity contribution in [1.29, 1.82) is 0 Å². The first-order chi connectivity index (χ1) is 8.54. The van der Waals surface area contributed by atoms with E-state index in [1.807, 2.05) is 0 Å². The SMILES string of the molecule is Cc1ccc(Cn2[nH]c(CC(C)C)cc2=O)cc1. The zero-order valence-electron chi connectivity index (χ0n) is 11.2. The van der Waals surface area contributed by atoms with Crippen molar-refractivity contribution in [2.24, 2.45) is 5.92 Å². The van der Waals surface area contributed by atoms with Gasteiger partial charge in [-0.1, -0.05) is 43.7 Å². The quantitative estimate of drug-likeness (QED) is 0.882. The van der Waals surface area contributed by atoms with Gasteiger partial charge in [-0.05, 0) is 24.8 Å². The maximum atomic E-state index is 11.8. The molecule has 1 heterocycles. The fourth-order valence-electron chi connectivity index (χ4n) is 2.03. The Kier molecular flexibility index (Phi) is 3.70. The molecule has 0 radical (unpaired) electrons. The molecule has 1 N–H and O–H groups in total. The van der Waals surface area contributed by atoms with Crippen LogP contribution in [0.15, 0.2) is 35.1 Å². The van der Waals surface area contributed by atoms with E-state index in [1.165, 1.54) is 5.56 Å². The maximum Gasteiger partial charge on any atom is 0.267 e. The summed E-state index contributed by atoms with van der Waals surface area (Å²) in [5.41, 5.74) is 3.44. The van der Waals surface area contributed by atoms with Gasteiger partial charge in [0.15, 0.2) is 0 Å². The number of aromatic amines is 1. The van der Waals surface area contributed by atoms with Gasteiger partial charge in [0.05, 0.1) is 6.54 Å². The molecule has 18 heavy (non-hydrogen) atoms. The summed E-state index contributed by atoms with van der Waals surface area (Å²) in [7, 11) is 0. The van der Waals surface area contributed by atoms with Gasteiger partial charge in [-0.2, -0.15) is 0 Å².